The van der Waals surface area contributed by atoms with Crippen molar-refractivity contribution in [3.8, 4) is 5.75 Å². The van der Waals surface area contributed by atoms with Crippen LogP contribution in [-0.2, 0) is 19.9 Å². The topological polar surface area (TPSA) is 117 Å². The molecule has 0 bridgehead atoms. The molecule has 5 amide bonds. The summed E-state index contributed by atoms with van der Waals surface area (Å²) in [4.78, 5) is 50.9. The summed E-state index contributed by atoms with van der Waals surface area (Å²) in [5.74, 6) is -1.81. The lowest BCUT2D eigenvalue weighted by atomic mass is 9.87. The van der Waals surface area contributed by atoms with Gasteiger partial charge in [0.05, 0.1) is 19.3 Å². The number of carbonyl (C=O) groups is 4. The molecule has 0 aliphatic carbocycles. The van der Waals surface area contributed by atoms with Crippen LogP contribution in [-0.4, -0.2) is 48.9 Å². The van der Waals surface area contributed by atoms with E-state index < -0.39 is 41.7 Å². The zero-order chi connectivity index (χ0) is 24.2. The van der Waals surface area contributed by atoms with Crippen LogP contribution in [0.2, 0.25) is 0 Å². The van der Waals surface area contributed by atoms with E-state index in [1.54, 1.807) is 19.1 Å². The molecule has 0 aromatic heterocycles. The number of hydrogen-bond donors (Lipinski definition) is 3. The van der Waals surface area contributed by atoms with E-state index in [1.807, 2.05) is 13.0 Å². The number of rotatable bonds is 8. The van der Waals surface area contributed by atoms with Crippen LogP contribution in [0.25, 0.3) is 0 Å². The summed E-state index contributed by atoms with van der Waals surface area (Å²) in [5.41, 5.74) is 0.399. The lowest BCUT2D eigenvalue weighted by molar-refractivity contribution is -0.135. The highest BCUT2D eigenvalue weighted by Crippen LogP contribution is 2.32. The average molecular weight is 456 g/mol. The van der Waals surface area contributed by atoms with Crippen molar-refractivity contribution in [3.05, 3.63) is 59.4 Å². The number of aryl methyl sites for hydroxylation is 1. The number of methoxy groups -OCH3 is 1. The summed E-state index contributed by atoms with van der Waals surface area (Å²) in [6, 6.07) is 9.77. The highest BCUT2D eigenvalue weighted by atomic mass is 19.1. The second-order valence-corrected chi connectivity index (χ2v) is 7.62. The van der Waals surface area contributed by atoms with Gasteiger partial charge in [-0.3, -0.25) is 19.3 Å². The van der Waals surface area contributed by atoms with Crippen LogP contribution in [0, 0.1) is 12.7 Å². The molecular formula is C23H25FN4O5. The smallest absolute Gasteiger partial charge is 0.325 e. The van der Waals surface area contributed by atoms with Gasteiger partial charge < -0.3 is 20.7 Å². The predicted molar refractivity (Wildman–Crippen MR) is 118 cm³/mol. The van der Waals surface area contributed by atoms with Gasteiger partial charge in [-0.05, 0) is 48.7 Å². The molecule has 33 heavy (non-hydrogen) atoms. The minimum atomic E-state index is -1.38. The van der Waals surface area contributed by atoms with Gasteiger partial charge in [0.25, 0.3) is 5.91 Å². The quantitative estimate of drug-likeness (QED) is 0.526. The van der Waals surface area contributed by atoms with Gasteiger partial charge in [-0.1, -0.05) is 25.1 Å². The monoisotopic (exact) mass is 456 g/mol. The number of carbonyl (C=O) groups excluding carboxylic acids is 4. The molecule has 2 aromatic rings. The van der Waals surface area contributed by atoms with Gasteiger partial charge >= 0.3 is 6.03 Å². The van der Waals surface area contributed by atoms with E-state index in [-0.39, 0.29) is 13.0 Å². The number of urea groups is 1. The SMILES string of the molecule is CCC1(c2ccc(F)cc2)NC(=O)N(CC(=O)NCC(=O)Nc2cc(C)ccc2OC)C1=O. The second kappa shape index (κ2) is 9.68. The molecule has 0 radical (unpaired) electrons. The van der Waals surface area contributed by atoms with Crippen molar-refractivity contribution in [2.45, 2.75) is 25.8 Å². The van der Waals surface area contributed by atoms with Crippen molar-refractivity contribution in [1.82, 2.24) is 15.5 Å². The van der Waals surface area contributed by atoms with E-state index in [0.29, 0.717) is 17.0 Å². The molecule has 1 saturated heterocycles. The fourth-order valence-corrected chi connectivity index (χ4v) is 3.64. The number of benzene rings is 2. The second-order valence-electron chi connectivity index (χ2n) is 7.62. The van der Waals surface area contributed by atoms with E-state index in [2.05, 4.69) is 16.0 Å². The van der Waals surface area contributed by atoms with E-state index in [4.69, 9.17) is 4.74 Å². The van der Waals surface area contributed by atoms with Crippen molar-refractivity contribution in [1.29, 1.82) is 0 Å². The maximum atomic E-state index is 13.3. The molecule has 1 aliphatic heterocycles. The van der Waals surface area contributed by atoms with Crippen molar-refractivity contribution in [3.63, 3.8) is 0 Å². The Kier molecular flexibility index (Phi) is 6.95. The fourth-order valence-electron chi connectivity index (χ4n) is 3.64. The molecule has 1 unspecified atom stereocenters. The number of halogens is 1. The van der Waals surface area contributed by atoms with E-state index in [1.165, 1.54) is 31.4 Å². The number of anilines is 1. The summed E-state index contributed by atoms with van der Waals surface area (Å²) in [6.45, 7) is 2.64. The molecule has 9 nitrogen and oxygen atoms in total. The summed E-state index contributed by atoms with van der Waals surface area (Å²) in [7, 11) is 1.47. The zero-order valence-corrected chi connectivity index (χ0v) is 18.5. The number of imide groups is 1. The predicted octanol–water partition coefficient (Wildman–Crippen LogP) is 2.05. The van der Waals surface area contributed by atoms with E-state index in [9.17, 15) is 23.6 Å². The van der Waals surface area contributed by atoms with Gasteiger partial charge in [0.2, 0.25) is 11.8 Å². The van der Waals surface area contributed by atoms with Crippen molar-refractivity contribution in [2.24, 2.45) is 0 Å². The normalized spacial score (nSPS) is 17.5. The third-order valence-electron chi connectivity index (χ3n) is 5.42. The Bertz CT molecular complexity index is 1090. The molecule has 2 aromatic carbocycles. The highest BCUT2D eigenvalue weighted by Gasteiger charge is 2.51. The molecule has 10 heteroatoms. The Morgan fingerprint density at radius 1 is 1.12 bits per heavy atom. The van der Waals surface area contributed by atoms with Crippen LogP contribution in [0.1, 0.15) is 24.5 Å². The standard InChI is InChI=1S/C23H25FN4O5/c1-4-23(15-6-8-16(24)9-7-15)21(31)28(22(32)27-23)13-20(30)25-12-19(29)26-17-11-14(2)5-10-18(17)33-3/h5-11H,4,12-13H2,1-3H3,(H,25,30)(H,26,29)(H,27,32). The first-order valence-electron chi connectivity index (χ1n) is 10.3. The maximum Gasteiger partial charge on any atom is 0.325 e. The van der Waals surface area contributed by atoms with Gasteiger partial charge in [0.1, 0.15) is 23.7 Å². The van der Waals surface area contributed by atoms with Crippen molar-refractivity contribution in [2.75, 3.05) is 25.5 Å². The van der Waals surface area contributed by atoms with Crippen LogP contribution in [0.4, 0.5) is 14.9 Å². The third-order valence-corrected chi connectivity index (χ3v) is 5.42. The van der Waals surface area contributed by atoms with Gasteiger partial charge in [-0.2, -0.15) is 0 Å². The molecular weight excluding hydrogens is 431 g/mol. The molecule has 3 N–H and O–H groups in total. The molecule has 3 rings (SSSR count). The van der Waals surface area contributed by atoms with E-state index in [0.717, 1.165) is 10.5 Å². The fraction of sp³-hybridized carbons (Fsp3) is 0.304. The minimum absolute atomic E-state index is 0.210. The minimum Gasteiger partial charge on any atom is -0.495 e. The molecule has 1 aliphatic rings. The molecule has 1 atom stereocenters. The van der Waals surface area contributed by atoms with Crippen molar-refractivity contribution >= 4 is 29.4 Å². The first-order chi connectivity index (χ1) is 15.7. The third kappa shape index (κ3) is 4.94. The molecule has 0 saturated carbocycles. The largest absolute Gasteiger partial charge is 0.495 e. The summed E-state index contributed by atoms with van der Waals surface area (Å²) in [6.07, 6.45) is 0.210. The summed E-state index contributed by atoms with van der Waals surface area (Å²) >= 11 is 0. The highest BCUT2D eigenvalue weighted by molar-refractivity contribution is 6.09. The van der Waals surface area contributed by atoms with Crippen LogP contribution in [0.5, 0.6) is 5.75 Å². The number of ether oxygens (including phenoxy) is 1. The Labute approximate surface area is 190 Å². The van der Waals surface area contributed by atoms with Crippen LogP contribution in [0.3, 0.4) is 0 Å². The Balaban J connectivity index is 1.62. The van der Waals surface area contributed by atoms with Crippen molar-refractivity contribution < 1.29 is 28.3 Å². The van der Waals surface area contributed by atoms with Gasteiger partial charge in [-0.15, -0.1) is 0 Å². The number of hydrogen-bond acceptors (Lipinski definition) is 5. The van der Waals surface area contributed by atoms with Crippen LogP contribution < -0.4 is 20.7 Å². The lowest BCUT2D eigenvalue weighted by Gasteiger charge is -2.25. The number of amides is 5. The summed E-state index contributed by atoms with van der Waals surface area (Å²) in [5, 5.41) is 7.66. The number of nitrogens with one attached hydrogen (secondary N) is 3. The zero-order valence-electron chi connectivity index (χ0n) is 18.5. The Hall–Kier alpha value is -3.95. The first kappa shape index (κ1) is 23.7. The van der Waals surface area contributed by atoms with Crippen LogP contribution in [0.15, 0.2) is 42.5 Å². The Morgan fingerprint density at radius 3 is 2.45 bits per heavy atom. The van der Waals surface area contributed by atoms with Crippen LogP contribution >= 0.6 is 0 Å². The summed E-state index contributed by atoms with van der Waals surface area (Å²) < 4.78 is 18.5. The maximum absolute atomic E-state index is 13.3. The number of nitrogens with zero attached hydrogens (tertiary/aromatic N) is 1. The van der Waals surface area contributed by atoms with Gasteiger partial charge in [-0.25, -0.2) is 9.18 Å². The molecule has 174 valence electrons. The average Bonchev–Trinajstić information content (AvgIpc) is 3.03. The van der Waals surface area contributed by atoms with Gasteiger partial charge in [0, 0.05) is 0 Å². The van der Waals surface area contributed by atoms with E-state index >= 15 is 0 Å². The molecule has 1 fully saturated rings. The van der Waals surface area contributed by atoms with Gasteiger partial charge in [0.15, 0.2) is 0 Å². The molecule has 1 heterocycles. The first-order valence-corrected chi connectivity index (χ1v) is 10.3. The Morgan fingerprint density at radius 2 is 1.82 bits per heavy atom. The lowest BCUT2D eigenvalue weighted by Crippen LogP contribution is -2.45. The molecule has 0 spiro atoms.